The molecule has 19 heavy (non-hydrogen) atoms. The molecule has 0 aromatic heterocycles. The van der Waals surface area contributed by atoms with Gasteiger partial charge in [0.2, 0.25) is 5.91 Å². The van der Waals surface area contributed by atoms with Crippen molar-refractivity contribution in [1.29, 1.82) is 0 Å². The first-order chi connectivity index (χ1) is 9.09. The highest BCUT2D eigenvalue weighted by Crippen LogP contribution is 2.20. The van der Waals surface area contributed by atoms with Crippen LogP contribution in [0.1, 0.15) is 11.6 Å². The molecule has 1 amide bonds. The van der Waals surface area contributed by atoms with E-state index in [-0.39, 0.29) is 11.7 Å². The van der Waals surface area contributed by atoms with Crippen LogP contribution in [0, 0.1) is 0 Å². The van der Waals surface area contributed by atoms with Gasteiger partial charge < -0.3 is 15.7 Å². The van der Waals surface area contributed by atoms with Crippen LogP contribution in [0.2, 0.25) is 0 Å². The zero-order chi connectivity index (χ0) is 13.8. The van der Waals surface area contributed by atoms with E-state index in [2.05, 4.69) is 0 Å². The summed E-state index contributed by atoms with van der Waals surface area (Å²) in [7, 11) is 1.66. The maximum atomic E-state index is 12.3. The van der Waals surface area contributed by atoms with Crippen molar-refractivity contribution in [2.75, 3.05) is 11.9 Å². The lowest BCUT2D eigenvalue weighted by Gasteiger charge is -2.21. The van der Waals surface area contributed by atoms with Gasteiger partial charge in [0.1, 0.15) is 11.8 Å². The second-order valence-corrected chi connectivity index (χ2v) is 4.30. The zero-order valence-electron chi connectivity index (χ0n) is 10.7. The van der Waals surface area contributed by atoms with Crippen LogP contribution in [0.5, 0.6) is 5.75 Å². The monoisotopic (exact) mass is 256 g/mol. The second kappa shape index (κ2) is 5.54. The van der Waals surface area contributed by atoms with E-state index in [0.29, 0.717) is 5.69 Å². The van der Waals surface area contributed by atoms with E-state index in [1.54, 1.807) is 19.2 Å². The minimum absolute atomic E-state index is 0.164. The Kier molecular flexibility index (Phi) is 3.82. The molecular weight excluding hydrogens is 240 g/mol. The third-order valence-electron chi connectivity index (χ3n) is 2.99. The Morgan fingerprint density at radius 2 is 1.68 bits per heavy atom. The summed E-state index contributed by atoms with van der Waals surface area (Å²) in [5.41, 5.74) is 7.43. The number of hydrogen-bond donors (Lipinski definition) is 2. The predicted molar refractivity (Wildman–Crippen MR) is 74.9 cm³/mol. The molecule has 0 heterocycles. The van der Waals surface area contributed by atoms with E-state index in [4.69, 9.17) is 5.73 Å². The number of nitrogens with zero attached hydrogens (tertiary/aromatic N) is 1. The lowest BCUT2D eigenvalue weighted by molar-refractivity contribution is -0.119. The molecule has 4 heteroatoms. The summed E-state index contributed by atoms with van der Waals surface area (Å²) in [5.74, 6) is -0.0335. The fraction of sp³-hybridized carbons (Fsp3) is 0.133. The molecule has 0 aliphatic rings. The van der Waals surface area contributed by atoms with Gasteiger partial charge in [-0.2, -0.15) is 0 Å². The minimum atomic E-state index is -0.694. The van der Waals surface area contributed by atoms with Crippen LogP contribution >= 0.6 is 0 Å². The Labute approximate surface area is 112 Å². The molecule has 0 saturated carbocycles. The SMILES string of the molecule is CN(C(=O)[C@H](N)c1ccccc1)c1ccc(O)cc1. The highest BCUT2D eigenvalue weighted by molar-refractivity contribution is 5.97. The van der Waals surface area contributed by atoms with Crippen LogP contribution in [-0.4, -0.2) is 18.1 Å². The molecule has 0 fully saturated rings. The van der Waals surface area contributed by atoms with Gasteiger partial charge in [-0.15, -0.1) is 0 Å². The van der Waals surface area contributed by atoms with E-state index in [1.807, 2.05) is 30.3 Å². The number of carbonyl (C=O) groups excluding carboxylic acids is 1. The summed E-state index contributed by atoms with van der Waals surface area (Å²) >= 11 is 0. The molecule has 2 aromatic rings. The predicted octanol–water partition coefficient (Wildman–Crippen LogP) is 2.05. The summed E-state index contributed by atoms with van der Waals surface area (Å²) in [6, 6.07) is 15.0. The molecule has 0 bridgehead atoms. The molecule has 0 spiro atoms. The molecule has 1 atom stereocenters. The largest absolute Gasteiger partial charge is 0.508 e. The summed E-state index contributed by atoms with van der Waals surface area (Å²) in [5, 5.41) is 9.24. The van der Waals surface area contributed by atoms with Gasteiger partial charge in [0, 0.05) is 12.7 Å². The van der Waals surface area contributed by atoms with Crippen molar-refractivity contribution in [3.8, 4) is 5.75 Å². The molecule has 0 aliphatic heterocycles. The highest BCUT2D eigenvalue weighted by Gasteiger charge is 2.20. The van der Waals surface area contributed by atoms with Crippen molar-refractivity contribution < 1.29 is 9.90 Å². The van der Waals surface area contributed by atoms with Crippen molar-refractivity contribution in [3.05, 3.63) is 60.2 Å². The summed E-state index contributed by atoms with van der Waals surface area (Å²) in [6.45, 7) is 0. The number of likely N-dealkylation sites (N-methyl/N-ethyl adjacent to an activating group) is 1. The fourth-order valence-corrected chi connectivity index (χ4v) is 1.82. The lowest BCUT2D eigenvalue weighted by atomic mass is 10.1. The van der Waals surface area contributed by atoms with Gasteiger partial charge in [0.15, 0.2) is 0 Å². The van der Waals surface area contributed by atoms with Crippen LogP contribution < -0.4 is 10.6 Å². The fourth-order valence-electron chi connectivity index (χ4n) is 1.82. The molecular formula is C15H16N2O2. The normalized spacial score (nSPS) is 11.9. The topological polar surface area (TPSA) is 66.6 Å². The molecule has 0 radical (unpaired) electrons. The number of carbonyl (C=O) groups is 1. The third kappa shape index (κ3) is 2.92. The molecule has 3 N–H and O–H groups in total. The van der Waals surface area contributed by atoms with Gasteiger partial charge in [0.05, 0.1) is 0 Å². The molecule has 4 nitrogen and oxygen atoms in total. The number of rotatable bonds is 3. The lowest BCUT2D eigenvalue weighted by Crippen LogP contribution is -2.35. The number of nitrogens with two attached hydrogens (primary N) is 1. The van der Waals surface area contributed by atoms with Gasteiger partial charge in [-0.05, 0) is 29.8 Å². The second-order valence-electron chi connectivity index (χ2n) is 4.30. The molecule has 98 valence electrons. The van der Waals surface area contributed by atoms with E-state index < -0.39 is 6.04 Å². The Balaban J connectivity index is 2.17. The first-order valence-electron chi connectivity index (χ1n) is 5.96. The third-order valence-corrected chi connectivity index (χ3v) is 2.99. The van der Waals surface area contributed by atoms with E-state index in [0.717, 1.165) is 5.56 Å². The number of amides is 1. The number of benzene rings is 2. The summed E-state index contributed by atoms with van der Waals surface area (Å²) < 4.78 is 0. The average Bonchev–Trinajstić information content (AvgIpc) is 2.46. The van der Waals surface area contributed by atoms with Gasteiger partial charge in [-0.1, -0.05) is 30.3 Å². The molecule has 2 aromatic carbocycles. The van der Waals surface area contributed by atoms with Crippen LogP contribution in [0.15, 0.2) is 54.6 Å². The van der Waals surface area contributed by atoms with Gasteiger partial charge in [-0.3, -0.25) is 4.79 Å². The Hall–Kier alpha value is -2.33. The highest BCUT2D eigenvalue weighted by atomic mass is 16.3. The van der Waals surface area contributed by atoms with Gasteiger partial charge >= 0.3 is 0 Å². The number of phenols is 1. The van der Waals surface area contributed by atoms with Crippen molar-refractivity contribution in [2.45, 2.75) is 6.04 Å². The van der Waals surface area contributed by atoms with E-state index >= 15 is 0 Å². The smallest absolute Gasteiger partial charge is 0.248 e. The Bertz CT molecular complexity index is 552. The maximum Gasteiger partial charge on any atom is 0.248 e. The van der Waals surface area contributed by atoms with Crippen molar-refractivity contribution in [1.82, 2.24) is 0 Å². The van der Waals surface area contributed by atoms with Crippen molar-refractivity contribution in [3.63, 3.8) is 0 Å². The van der Waals surface area contributed by atoms with E-state index in [9.17, 15) is 9.90 Å². The molecule has 0 unspecified atom stereocenters. The maximum absolute atomic E-state index is 12.3. The number of hydrogen-bond acceptors (Lipinski definition) is 3. The minimum Gasteiger partial charge on any atom is -0.508 e. The van der Waals surface area contributed by atoms with Crippen LogP contribution in [0.4, 0.5) is 5.69 Å². The van der Waals surface area contributed by atoms with Crippen LogP contribution in [-0.2, 0) is 4.79 Å². The molecule has 0 saturated heterocycles. The zero-order valence-corrected chi connectivity index (χ0v) is 10.7. The number of phenolic OH excluding ortho intramolecular Hbond substituents is 1. The summed E-state index contributed by atoms with van der Waals surface area (Å²) in [6.07, 6.45) is 0. The quantitative estimate of drug-likeness (QED) is 0.883. The van der Waals surface area contributed by atoms with Gasteiger partial charge in [0.25, 0.3) is 0 Å². The van der Waals surface area contributed by atoms with Crippen LogP contribution in [0.25, 0.3) is 0 Å². The summed E-state index contributed by atoms with van der Waals surface area (Å²) in [4.78, 5) is 13.8. The first-order valence-corrected chi connectivity index (χ1v) is 5.96. The first kappa shape index (κ1) is 13.1. The standard InChI is InChI=1S/C15H16N2O2/c1-17(12-7-9-13(18)10-8-12)15(19)14(16)11-5-3-2-4-6-11/h2-10,14,18H,16H2,1H3/t14-/m1/s1. The Morgan fingerprint density at radius 1 is 1.11 bits per heavy atom. The number of anilines is 1. The molecule has 2 rings (SSSR count). The number of aromatic hydroxyl groups is 1. The van der Waals surface area contributed by atoms with Crippen LogP contribution in [0.3, 0.4) is 0 Å². The Morgan fingerprint density at radius 3 is 2.26 bits per heavy atom. The van der Waals surface area contributed by atoms with Gasteiger partial charge in [-0.25, -0.2) is 0 Å². The van der Waals surface area contributed by atoms with Crippen molar-refractivity contribution in [2.24, 2.45) is 5.73 Å². The average molecular weight is 256 g/mol. The van der Waals surface area contributed by atoms with Crippen molar-refractivity contribution >= 4 is 11.6 Å². The van der Waals surface area contributed by atoms with E-state index in [1.165, 1.54) is 17.0 Å². The molecule has 0 aliphatic carbocycles.